The van der Waals surface area contributed by atoms with Crippen LogP contribution in [-0.2, 0) is 22.6 Å². The third-order valence-corrected chi connectivity index (χ3v) is 4.96. The van der Waals surface area contributed by atoms with E-state index in [-0.39, 0.29) is 18.2 Å². The smallest absolute Gasteiger partial charge is 0.242 e. The third-order valence-electron chi connectivity index (χ3n) is 4.73. The van der Waals surface area contributed by atoms with Crippen LogP contribution < -0.4 is 10.1 Å². The summed E-state index contributed by atoms with van der Waals surface area (Å²) in [4.78, 5) is 27.4. The second-order valence-electron chi connectivity index (χ2n) is 7.00. The van der Waals surface area contributed by atoms with Crippen molar-refractivity contribution in [3.63, 3.8) is 0 Å². The molecule has 0 heterocycles. The largest absolute Gasteiger partial charge is 0.497 e. The summed E-state index contributed by atoms with van der Waals surface area (Å²) in [6.45, 7) is 4.75. The predicted molar refractivity (Wildman–Crippen MR) is 116 cm³/mol. The lowest BCUT2D eigenvalue weighted by atomic mass is 10.1. The Morgan fingerprint density at radius 3 is 2.55 bits per heavy atom. The van der Waals surface area contributed by atoms with Gasteiger partial charge in [-0.15, -0.1) is 0 Å². The van der Waals surface area contributed by atoms with Gasteiger partial charge in [0.25, 0.3) is 0 Å². The standard InChI is InChI=1S/C23H29ClN2O3/c1-4-5-12-25-23(28)17(2)26(16-19-9-7-11-21(14-19)29-3)22(27)15-18-8-6-10-20(24)13-18/h6-11,13-14,17H,4-5,12,15-16H2,1-3H3,(H,25,28)/t17-/m0/s1. The minimum absolute atomic E-state index is 0.131. The predicted octanol–water partition coefficient (Wildman–Crippen LogP) is 4.22. The van der Waals surface area contributed by atoms with Gasteiger partial charge in [0.05, 0.1) is 13.5 Å². The van der Waals surface area contributed by atoms with Gasteiger partial charge in [0, 0.05) is 18.1 Å². The number of ether oxygens (including phenoxy) is 1. The highest BCUT2D eigenvalue weighted by molar-refractivity contribution is 6.30. The van der Waals surface area contributed by atoms with Gasteiger partial charge in [-0.3, -0.25) is 9.59 Å². The van der Waals surface area contributed by atoms with Crippen molar-refractivity contribution in [1.29, 1.82) is 0 Å². The van der Waals surface area contributed by atoms with Crippen molar-refractivity contribution < 1.29 is 14.3 Å². The molecule has 0 saturated heterocycles. The number of nitrogens with zero attached hydrogens (tertiary/aromatic N) is 1. The average molecular weight is 417 g/mol. The molecule has 0 radical (unpaired) electrons. The van der Waals surface area contributed by atoms with E-state index < -0.39 is 6.04 Å². The fourth-order valence-corrected chi connectivity index (χ4v) is 3.22. The second-order valence-corrected chi connectivity index (χ2v) is 7.44. The lowest BCUT2D eigenvalue weighted by Crippen LogP contribution is -2.48. The Hall–Kier alpha value is -2.53. The molecule has 2 amide bonds. The summed E-state index contributed by atoms with van der Waals surface area (Å²) in [5.74, 6) is 0.429. The third kappa shape index (κ3) is 7.09. The minimum atomic E-state index is -0.593. The topological polar surface area (TPSA) is 58.6 Å². The van der Waals surface area contributed by atoms with Crippen LogP contribution in [0.2, 0.25) is 5.02 Å². The number of hydrogen-bond donors (Lipinski definition) is 1. The zero-order valence-corrected chi connectivity index (χ0v) is 18.0. The van der Waals surface area contributed by atoms with Crippen molar-refractivity contribution in [2.24, 2.45) is 0 Å². The average Bonchev–Trinajstić information content (AvgIpc) is 2.71. The Morgan fingerprint density at radius 2 is 1.86 bits per heavy atom. The van der Waals surface area contributed by atoms with Crippen molar-refractivity contribution in [3.05, 3.63) is 64.7 Å². The highest BCUT2D eigenvalue weighted by Gasteiger charge is 2.26. The number of amides is 2. The van der Waals surface area contributed by atoms with Crippen LogP contribution in [0.15, 0.2) is 48.5 Å². The summed E-state index contributed by atoms with van der Waals surface area (Å²) < 4.78 is 5.28. The van der Waals surface area contributed by atoms with E-state index in [1.54, 1.807) is 31.1 Å². The fourth-order valence-electron chi connectivity index (χ4n) is 3.01. The van der Waals surface area contributed by atoms with Gasteiger partial charge in [-0.1, -0.05) is 49.2 Å². The molecule has 0 aromatic heterocycles. The molecule has 5 nitrogen and oxygen atoms in total. The molecule has 1 N–H and O–H groups in total. The first-order chi connectivity index (χ1) is 13.9. The summed E-state index contributed by atoms with van der Waals surface area (Å²) in [5, 5.41) is 3.50. The van der Waals surface area contributed by atoms with Crippen molar-refractivity contribution in [2.75, 3.05) is 13.7 Å². The molecular weight excluding hydrogens is 388 g/mol. The van der Waals surface area contributed by atoms with Crippen LogP contribution >= 0.6 is 11.6 Å². The molecular formula is C23H29ClN2O3. The zero-order chi connectivity index (χ0) is 21.2. The Bertz CT molecular complexity index is 825. The zero-order valence-electron chi connectivity index (χ0n) is 17.3. The molecule has 2 rings (SSSR count). The molecule has 0 aliphatic heterocycles. The lowest BCUT2D eigenvalue weighted by molar-refractivity contribution is -0.140. The number of hydrogen-bond acceptors (Lipinski definition) is 3. The monoisotopic (exact) mass is 416 g/mol. The highest BCUT2D eigenvalue weighted by Crippen LogP contribution is 2.18. The number of methoxy groups -OCH3 is 1. The van der Waals surface area contributed by atoms with Crippen molar-refractivity contribution >= 4 is 23.4 Å². The lowest BCUT2D eigenvalue weighted by Gasteiger charge is -2.29. The molecule has 0 saturated carbocycles. The summed E-state index contributed by atoms with van der Waals surface area (Å²) in [7, 11) is 1.60. The van der Waals surface area contributed by atoms with Crippen LogP contribution in [0.25, 0.3) is 0 Å². The maximum absolute atomic E-state index is 13.1. The molecule has 0 aliphatic carbocycles. The first-order valence-corrected chi connectivity index (χ1v) is 10.3. The van der Waals surface area contributed by atoms with Crippen LogP contribution in [0.4, 0.5) is 0 Å². The van der Waals surface area contributed by atoms with Crippen molar-refractivity contribution in [1.82, 2.24) is 10.2 Å². The van der Waals surface area contributed by atoms with Gasteiger partial charge >= 0.3 is 0 Å². The van der Waals surface area contributed by atoms with Crippen LogP contribution in [-0.4, -0.2) is 36.4 Å². The molecule has 156 valence electrons. The first-order valence-electron chi connectivity index (χ1n) is 9.89. The van der Waals surface area contributed by atoms with E-state index in [9.17, 15) is 9.59 Å². The Kier molecular flexibility index (Phi) is 9.00. The number of unbranched alkanes of at least 4 members (excludes halogenated alkanes) is 1. The van der Waals surface area contributed by atoms with Crippen LogP contribution in [0.5, 0.6) is 5.75 Å². The van der Waals surface area contributed by atoms with Crippen LogP contribution in [0.3, 0.4) is 0 Å². The number of halogens is 1. The van der Waals surface area contributed by atoms with E-state index in [1.807, 2.05) is 36.4 Å². The molecule has 1 atom stereocenters. The molecule has 2 aromatic rings. The van der Waals surface area contributed by atoms with Crippen LogP contribution in [0, 0.1) is 0 Å². The van der Waals surface area contributed by atoms with E-state index >= 15 is 0 Å². The molecule has 6 heteroatoms. The number of benzene rings is 2. The molecule has 0 unspecified atom stereocenters. The number of carbonyl (C=O) groups is 2. The minimum Gasteiger partial charge on any atom is -0.497 e. The van der Waals surface area contributed by atoms with Crippen molar-refractivity contribution in [3.8, 4) is 5.75 Å². The van der Waals surface area contributed by atoms with E-state index in [1.165, 1.54) is 0 Å². The molecule has 2 aromatic carbocycles. The van der Waals surface area contributed by atoms with E-state index in [4.69, 9.17) is 16.3 Å². The summed E-state index contributed by atoms with van der Waals surface area (Å²) in [6.07, 6.45) is 2.08. The Morgan fingerprint density at radius 1 is 1.14 bits per heavy atom. The van der Waals surface area contributed by atoms with E-state index in [0.29, 0.717) is 23.9 Å². The number of rotatable bonds is 10. The maximum Gasteiger partial charge on any atom is 0.242 e. The van der Waals surface area contributed by atoms with Gasteiger partial charge in [0.2, 0.25) is 11.8 Å². The van der Waals surface area contributed by atoms with Gasteiger partial charge in [0.15, 0.2) is 0 Å². The Balaban J connectivity index is 2.20. The van der Waals surface area contributed by atoms with E-state index in [0.717, 1.165) is 24.0 Å². The van der Waals surface area contributed by atoms with Gasteiger partial charge in [0.1, 0.15) is 11.8 Å². The normalized spacial score (nSPS) is 11.6. The van der Waals surface area contributed by atoms with Gasteiger partial charge in [-0.05, 0) is 48.7 Å². The van der Waals surface area contributed by atoms with Crippen molar-refractivity contribution in [2.45, 2.75) is 45.7 Å². The highest BCUT2D eigenvalue weighted by atomic mass is 35.5. The Labute approximate surface area is 178 Å². The second kappa shape index (κ2) is 11.5. The molecule has 0 aliphatic rings. The molecule has 0 bridgehead atoms. The van der Waals surface area contributed by atoms with Gasteiger partial charge < -0.3 is 15.0 Å². The summed E-state index contributed by atoms with van der Waals surface area (Å²) in [6, 6.07) is 14.2. The molecule has 0 spiro atoms. The molecule has 29 heavy (non-hydrogen) atoms. The van der Waals surface area contributed by atoms with Gasteiger partial charge in [-0.2, -0.15) is 0 Å². The quantitative estimate of drug-likeness (QED) is 0.590. The van der Waals surface area contributed by atoms with Gasteiger partial charge in [-0.25, -0.2) is 0 Å². The van der Waals surface area contributed by atoms with Crippen LogP contribution in [0.1, 0.15) is 37.8 Å². The number of nitrogens with one attached hydrogen (secondary N) is 1. The number of carbonyl (C=O) groups excluding carboxylic acids is 2. The molecule has 0 fully saturated rings. The van der Waals surface area contributed by atoms with E-state index in [2.05, 4.69) is 12.2 Å². The summed E-state index contributed by atoms with van der Waals surface area (Å²) >= 11 is 6.05. The fraction of sp³-hybridized carbons (Fsp3) is 0.391. The SMILES string of the molecule is CCCCNC(=O)[C@H](C)N(Cc1cccc(OC)c1)C(=O)Cc1cccc(Cl)c1. The maximum atomic E-state index is 13.1. The summed E-state index contributed by atoms with van der Waals surface area (Å²) in [5.41, 5.74) is 1.72. The first kappa shape index (κ1) is 22.8.